The van der Waals surface area contributed by atoms with Crippen LogP contribution in [-0.4, -0.2) is 15.0 Å². The lowest BCUT2D eigenvalue weighted by Gasteiger charge is -2.08. The first-order valence-electron chi connectivity index (χ1n) is 7.20. The Labute approximate surface area is 138 Å². The van der Waals surface area contributed by atoms with Crippen molar-refractivity contribution in [2.24, 2.45) is 0 Å². The molecule has 4 nitrogen and oxygen atoms in total. The molecule has 3 aromatic heterocycles. The van der Waals surface area contributed by atoms with Gasteiger partial charge in [0.2, 0.25) is 0 Å². The summed E-state index contributed by atoms with van der Waals surface area (Å²) in [6.07, 6.45) is 0.945. The molecule has 0 spiro atoms. The number of nitrogens with one attached hydrogen (secondary N) is 1. The van der Waals surface area contributed by atoms with Crippen LogP contribution >= 0.6 is 22.7 Å². The summed E-state index contributed by atoms with van der Waals surface area (Å²) in [5.74, 6) is 0.903. The quantitative estimate of drug-likeness (QED) is 0.740. The number of pyridine rings is 1. The van der Waals surface area contributed by atoms with E-state index in [1.807, 2.05) is 26.8 Å². The summed E-state index contributed by atoms with van der Waals surface area (Å²) >= 11 is 3.29. The summed E-state index contributed by atoms with van der Waals surface area (Å²) < 4.78 is 0. The van der Waals surface area contributed by atoms with Crippen molar-refractivity contribution in [2.45, 2.75) is 34.1 Å². The number of aryl methyl sites for hydroxylation is 4. The molecule has 114 valence electrons. The molecule has 6 heteroatoms. The average Bonchev–Trinajstić information content (AvgIpc) is 3.05. The second-order valence-corrected chi connectivity index (χ2v) is 7.19. The highest BCUT2D eigenvalue weighted by Gasteiger charge is 2.12. The van der Waals surface area contributed by atoms with Gasteiger partial charge in [0, 0.05) is 11.1 Å². The Morgan fingerprint density at radius 1 is 1.09 bits per heavy atom. The molecule has 0 radical (unpaired) electrons. The summed E-state index contributed by atoms with van der Waals surface area (Å²) in [4.78, 5) is 14.9. The summed E-state index contributed by atoms with van der Waals surface area (Å²) in [6.45, 7) is 8.19. The first kappa shape index (κ1) is 15.1. The van der Waals surface area contributed by atoms with Crippen molar-refractivity contribution in [2.75, 3.05) is 5.32 Å². The van der Waals surface area contributed by atoms with Crippen molar-refractivity contribution >= 4 is 33.6 Å². The molecular formula is C16H18N4S2. The van der Waals surface area contributed by atoms with Crippen LogP contribution in [0.3, 0.4) is 0 Å². The van der Waals surface area contributed by atoms with Gasteiger partial charge in [-0.1, -0.05) is 13.0 Å². The highest BCUT2D eigenvalue weighted by atomic mass is 32.1. The Morgan fingerprint density at radius 2 is 1.91 bits per heavy atom. The number of hydrogen-bond acceptors (Lipinski definition) is 6. The van der Waals surface area contributed by atoms with Crippen LogP contribution in [0.1, 0.15) is 28.9 Å². The van der Waals surface area contributed by atoms with Crippen LogP contribution in [0.25, 0.3) is 10.6 Å². The van der Waals surface area contributed by atoms with Gasteiger partial charge in [-0.3, -0.25) is 0 Å². The number of anilines is 2. The topological polar surface area (TPSA) is 50.7 Å². The molecule has 0 fully saturated rings. The van der Waals surface area contributed by atoms with Crippen LogP contribution in [0.5, 0.6) is 0 Å². The second-order valence-electron chi connectivity index (χ2n) is 5.12. The summed E-state index contributed by atoms with van der Waals surface area (Å²) in [5, 5.41) is 7.38. The summed E-state index contributed by atoms with van der Waals surface area (Å²) in [7, 11) is 0. The van der Waals surface area contributed by atoms with Gasteiger partial charge in [0.25, 0.3) is 0 Å². The fraction of sp³-hybridized carbons (Fsp3) is 0.312. The minimum absolute atomic E-state index is 0.869. The lowest BCUT2D eigenvalue weighted by Crippen LogP contribution is -1.99. The van der Waals surface area contributed by atoms with E-state index >= 15 is 0 Å². The molecule has 0 aromatic carbocycles. The molecule has 1 N–H and O–H groups in total. The van der Waals surface area contributed by atoms with Gasteiger partial charge in [0.1, 0.15) is 5.82 Å². The third kappa shape index (κ3) is 3.03. The Balaban J connectivity index is 1.89. The first-order valence-corrected chi connectivity index (χ1v) is 8.90. The lowest BCUT2D eigenvalue weighted by atomic mass is 10.2. The van der Waals surface area contributed by atoms with Gasteiger partial charge in [-0.15, -0.1) is 22.7 Å². The van der Waals surface area contributed by atoms with Gasteiger partial charge in [-0.2, -0.15) is 0 Å². The molecule has 0 saturated carbocycles. The molecule has 0 aliphatic rings. The molecule has 0 saturated heterocycles. The Bertz CT molecular complexity index is 804. The van der Waals surface area contributed by atoms with E-state index in [1.54, 1.807) is 22.7 Å². The zero-order valence-corrected chi connectivity index (χ0v) is 14.7. The summed E-state index contributed by atoms with van der Waals surface area (Å²) in [5.41, 5.74) is 4.24. The highest BCUT2D eigenvalue weighted by molar-refractivity contribution is 7.16. The molecule has 3 heterocycles. The molecular weight excluding hydrogens is 312 g/mol. The lowest BCUT2D eigenvalue weighted by molar-refractivity contribution is 1.08. The van der Waals surface area contributed by atoms with E-state index in [0.717, 1.165) is 44.3 Å². The van der Waals surface area contributed by atoms with Gasteiger partial charge in [-0.05, 0) is 38.8 Å². The van der Waals surface area contributed by atoms with E-state index in [2.05, 4.69) is 33.7 Å². The van der Waals surface area contributed by atoms with E-state index < -0.39 is 0 Å². The predicted molar refractivity (Wildman–Crippen MR) is 94.3 cm³/mol. The number of hydrogen-bond donors (Lipinski definition) is 1. The maximum atomic E-state index is 4.69. The number of nitrogens with zero attached hydrogens (tertiary/aromatic N) is 3. The number of rotatable bonds is 4. The number of aromatic nitrogens is 3. The van der Waals surface area contributed by atoms with E-state index in [0.29, 0.717) is 0 Å². The van der Waals surface area contributed by atoms with Crippen LogP contribution in [0.2, 0.25) is 0 Å². The predicted octanol–water partition coefficient (Wildman–Crippen LogP) is 4.89. The van der Waals surface area contributed by atoms with Crippen molar-refractivity contribution in [1.29, 1.82) is 0 Å². The Kier molecular flexibility index (Phi) is 4.22. The van der Waals surface area contributed by atoms with Crippen molar-refractivity contribution < 1.29 is 0 Å². The average molecular weight is 330 g/mol. The smallest absolute Gasteiger partial charge is 0.188 e. The SMILES string of the molecule is CCc1ccc(C)nc1Nc1nc(-c2sc(C)nc2C)cs1. The molecule has 3 aromatic rings. The van der Waals surface area contributed by atoms with Crippen LogP contribution in [-0.2, 0) is 6.42 Å². The molecule has 0 aliphatic heterocycles. The zero-order valence-electron chi connectivity index (χ0n) is 13.1. The van der Waals surface area contributed by atoms with Gasteiger partial charge in [0.15, 0.2) is 5.13 Å². The zero-order chi connectivity index (χ0) is 15.7. The largest absolute Gasteiger partial charge is 0.316 e. The van der Waals surface area contributed by atoms with Crippen LogP contribution < -0.4 is 5.32 Å². The first-order chi connectivity index (χ1) is 10.6. The van der Waals surface area contributed by atoms with Gasteiger partial charge >= 0.3 is 0 Å². The van der Waals surface area contributed by atoms with Gasteiger partial charge in [0.05, 0.1) is 21.3 Å². The van der Waals surface area contributed by atoms with Crippen LogP contribution in [0.15, 0.2) is 17.5 Å². The highest BCUT2D eigenvalue weighted by Crippen LogP contribution is 2.33. The van der Waals surface area contributed by atoms with E-state index in [4.69, 9.17) is 4.98 Å². The second kappa shape index (κ2) is 6.14. The standard InChI is InChI=1S/C16H18N4S2/c1-5-12-7-6-9(2)17-15(12)20-16-19-13(8-21-16)14-10(3)18-11(4)22-14/h6-8H,5H2,1-4H3,(H,17,19,20). The van der Waals surface area contributed by atoms with E-state index in [1.165, 1.54) is 5.56 Å². The normalized spacial score (nSPS) is 10.9. The third-order valence-corrected chi connectivity index (χ3v) is 5.22. The fourth-order valence-corrected chi connectivity index (χ4v) is 3.94. The molecule has 0 bridgehead atoms. The van der Waals surface area contributed by atoms with Gasteiger partial charge in [-0.25, -0.2) is 15.0 Å². The molecule has 0 amide bonds. The van der Waals surface area contributed by atoms with Crippen molar-refractivity contribution in [3.63, 3.8) is 0 Å². The maximum absolute atomic E-state index is 4.69. The Morgan fingerprint density at radius 3 is 2.59 bits per heavy atom. The van der Waals surface area contributed by atoms with Crippen molar-refractivity contribution in [3.05, 3.63) is 39.5 Å². The van der Waals surface area contributed by atoms with Crippen molar-refractivity contribution in [3.8, 4) is 10.6 Å². The minimum Gasteiger partial charge on any atom is -0.316 e. The van der Waals surface area contributed by atoms with E-state index in [9.17, 15) is 0 Å². The molecule has 22 heavy (non-hydrogen) atoms. The molecule has 3 rings (SSSR count). The molecule has 0 aliphatic carbocycles. The van der Waals surface area contributed by atoms with Gasteiger partial charge < -0.3 is 5.32 Å². The third-order valence-electron chi connectivity index (χ3n) is 3.36. The van der Waals surface area contributed by atoms with Crippen LogP contribution in [0, 0.1) is 20.8 Å². The number of thiazole rings is 2. The monoisotopic (exact) mass is 330 g/mol. The van der Waals surface area contributed by atoms with Crippen LogP contribution in [0.4, 0.5) is 10.9 Å². The summed E-state index contributed by atoms with van der Waals surface area (Å²) in [6, 6.07) is 4.16. The molecule has 0 unspecified atom stereocenters. The Hall–Kier alpha value is -1.79. The van der Waals surface area contributed by atoms with E-state index in [-0.39, 0.29) is 0 Å². The molecule has 0 atom stereocenters. The minimum atomic E-state index is 0.869. The fourth-order valence-electron chi connectivity index (χ4n) is 2.28. The van der Waals surface area contributed by atoms with Crippen molar-refractivity contribution in [1.82, 2.24) is 15.0 Å². The maximum Gasteiger partial charge on any atom is 0.188 e.